The first-order valence-electron chi connectivity index (χ1n) is 7.21. The quantitative estimate of drug-likeness (QED) is 0.928. The highest BCUT2D eigenvalue weighted by atomic mass is 19.3. The molecule has 1 aliphatic carbocycles. The third-order valence-electron chi connectivity index (χ3n) is 3.94. The molecule has 0 unspecified atom stereocenters. The van der Waals surface area contributed by atoms with Crippen LogP contribution in [0.3, 0.4) is 0 Å². The molecule has 6 heteroatoms. The van der Waals surface area contributed by atoms with Gasteiger partial charge in [-0.25, -0.2) is 8.78 Å². The van der Waals surface area contributed by atoms with E-state index in [-0.39, 0.29) is 24.8 Å². The first-order chi connectivity index (χ1) is 9.91. The van der Waals surface area contributed by atoms with Crippen LogP contribution in [0, 0.1) is 0 Å². The summed E-state index contributed by atoms with van der Waals surface area (Å²) in [4.78, 5) is 17.9. The zero-order valence-corrected chi connectivity index (χ0v) is 12.2. The summed E-state index contributed by atoms with van der Waals surface area (Å²) in [5.74, 6) is -2.69. The molecule has 21 heavy (non-hydrogen) atoms. The summed E-state index contributed by atoms with van der Waals surface area (Å²) in [6, 6.07) is 5.36. The lowest BCUT2D eigenvalue weighted by atomic mass is 9.91. The highest BCUT2D eigenvalue weighted by Gasteiger charge is 2.37. The number of aromatic nitrogens is 1. The minimum absolute atomic E-state index is 0.106. The maximum absolute atomic E-state index is 13.2. The van der Waals surface area contributed by atoms with Crippen LogP contribution < -0.4 is 5.73 Å². The molecule has 2 N–H and O–H groups in total. The van der Waals surface area contributed by atoms with Gasteiger partial charge in [-0.05, 0) is 25.0 Å². The number of alkyl halides is 2. The molecule has 1 aromatic rings. The van der Waals surface area contributed by atoms with Crippen LogP contribution in [0.2, 0.25) is 0 Å². The molecule has 0 saturated heterocycles. The van der Waals surface area contributed by atoms with Crippen molar-refractivity contribution in [2.75, 3.05) is 0 Å². The van der Waals surface area contributed by atoms with Gasteiger partial charge in [0.25, 0.3) is 0 Å². The number of rotatable bonds is 4. The van der Waals surface area contributed by atoms with Gasteiger partial charge in [0, 0.05) is 32.4 Å². The topological polar surface area (TPSA) is 59.2 Å². The third-order valence-corrected chi connectivity index (χ3v) is 3.94. The molecule has 0 radical (unpaired) electrons. The van der Waals surface area contributed by atoms with E-state index in [0.29, 0.717) is 25.9 Å². The maximum atomic E-state index is 13.2. The van der Waals surface area contributed by atoms with Crippen molar-refractivity contribution in [2.24, 2.45) is 5.73 Å². The van der Waals surface area contributed by atoms with Crippen molar-refractivity contribution in [2.45, 2.75) is 57.7 Å². The first-order valence-corrected chi connectivity index (χ1v) is 7.21. The molecule has 0 bridgehead atoms. The number of halogens is 2. The molecule has 0 aliphatic heterocycles. The Balaban J connectivity index is 2.07. The van der Waals surface area contributed by atoms with Crippen LogP contribution in [0.4, 0.5) is 8.78 Å². The van der Waals surface area contributed by atoms with E-state index in [9.17, 15) is 13.6 Å². The average Bonchev–Trinajstić information content (AvgIpc) is 2.45. The summed E-state index contributed by atoms with van der Waals surface area (Å²) in [5, 5.41) is 0. The average molecular weight is 297 g/mol. The van der Waals surface area contributed by atoms with E-state index >= 15 is 0 Å². The smallest absolute Gasteiger partial charge is 0.248 e. The van der Waals surface area contributed by atoms with Crippen LogP contribution in [0.25, 0.3) is 0 Å². The highest BCUT2D eigenvalue weighted by Crippen LogP contribution is 2.35. The van der Waals surface area contributed by atoms with E-state index in [1.807, 2.05) is 18.2 Å². The molecule has 1 amide bonds. The summed E-state index contributed by atoms with van der Waals surface area (Å²) in [7, 11) is 0. The molecule has 0 atom stereocenters. The maximum Gasteiger partial charge on any atom is 0.248 e. The van der Waals surface area contributed by atoms with Crippen molar-refractivity contribution in [1.29, 1.82) is 0 Å². The van der Waals surface area contributed by atoms with Crippen molar-refractivity contribution < 1.29 is 13.6 Å². The van der Waals surface area contributed by atoms with E-state index < -0.39 is 5.92 Å². The lowest BCUT2D eigenvalue weighted by molar-refractivity contribution is -0.135. The van der Waals surface area contributed by atoms with Gasteiger partial charge >= 0.3 is 0 Å². The normalized spacial score (nSPS) is 18.5. The monoisotopic (exact) mass is 297 g/mol. The summed E-state index contributed by atoms with van der Waals surface area (Å²) < 4.78 is 26.5. The van der Waals surface area contributed by atoms with Gasteiger partial charge in [-0.2, -0.15) is 0 Å². The Labute approximate surface area is 123 Å². The van der Waals surface area contributed by atoms with Crippen LogP contribution in [0.1, 0.15) is 44.0 Å². The minimum Gasteiger partial charge on any atom is -0.334 e. The first kappa shape index (κ1) is 15.8. The fraction of sp³-hybridized carbons (Fsp3) is 0.600. The van der Waals surface area contributed by atoms with Crippen LogP contribution in [0.15, 0.2) is 18.2 Å². The predicted octanol–water partition coefficient (Wildman–Crippen LogP) is 2.47. The number of hydrogen-bond acceptors (Lipinski definition) is 3. The van der Waals surface area contributed by atoms with E-state index in [0.717, 1.165) is 11.4 Å². The van der Waals surface area contributed by atoms with Gasteiger partial charge in [-0.3, -0.25) is 9.78 Å². The number of nitrogens with two attached hydrogens (primary N) is 1. The SMILES string of the molecule is CC(=O)N(Cc1cccc(CN)n1)C1CCC(F)(F)CC1. The lowest BCUT2D eigenvalue weighted by Gasteiger charge is -2.36. The minimum atomic E-state index is -2.59. The van der Waals surface area contributed by atoms with Gasteiger partial charge in [0.2, 0.25) is 11.8 Å². The Morgan fingerprint density at radius 2 is 2.00 bits per heavy atom. The Morgan fingerprint density at radius 1 is 1.38 bits per heavy atom. The Kier molecular flexibility index (Phi) is 4.88. The van der Waals surface area contributed by atoms with Gasteiger partial charge in [-0.15, -0.1) is 0 Å². The van der Waals surface area contributed by atoms with E-state index in [1.165, 1.54) is 6.92 Å². The Morgan fingerprint density at radius 3 is 2.57 bits per heavy atom. The Bertz CT molecular complexity index is 497. The van der Waals surface area contributed by atoms with Crippen LogP contribution in [-0.4, -0.2) is 27.8 Å². The van der Waals surface area contributed by atoms with Gasteiger partial charge in [-0.1, -0.05) is 6.07 Å². The van der Waals surface area contributed by atoms with Gasteiger partial charge in [0.15, 0.2) is 0 Å². The molecule has 1 fully saturated rings. The molecule has 1 heterocycles. The van der Waals surface area contributed by atoms with Crippen LogP contribution in [-0.2, 0) is 17.9 Å². The lowest BCUT2D eigenvalue weighted by Crippen LogP contribution is -2.43. The van der Waals surface area contributed by atoms with E-state index in [4.69, 9.17) is 5.73 Å². The fourth-order valence-electron chi connectivity index (χ4n) is 2.74. The van der Waals surface area contributed by atoms with Crippen molar-refractivity contribution in [1.82, 2.24) is 9.88 Å². The highest BCUT2D eigenvalue weighted by molar-refractivity contribution is 5.73. The molecule has 1 aromatic heterocycles. The summed E-state index contributed by atoms with van der Waals surface area (Å²) >= 11 is 0. The predicted molar refractivity (Wildman–Crippen MR) is 75.6 cm³/mol. The number of carbonyl (C=O) groups is 1. The standard InChI is InChI=1S/C15H21F2N3O/c1-11(21)20(14-5-7-15(16,17)8-6-14)10-13-4-2-3-12(9-18)19-13/h2-4,14H,5-10,18H2,1H3. The number of nitrogens with zero attached hydrogens (tertiary/aromatic N) is 2. The molecule has 1 saturated carbocycles. The second kappa shape index (κ2) is 6.47. The second-order valence-corrected chi connectivity index (χ2v) is 5.56. The van der Waals surface area contributed by atoms with Gasteiger partial charge in [0.1, 0.15) is 0 Å². The molecule has 0 spiro atoms. The summed E-state index contributed by atoms with van der Waals surface area (Å²) in [5.41, 5.74) is 7.05. The molecule has 1 aliphatic rings. The van der Waals surface area contributed by atoms with E-state index in [1.54, 1.807) is 4.90 Å². The largest absolute Gasteiger partial charge is 0.334 e. The molecule has 0 aromatic carbocycles. The summed E-state index contributed by atoms with van der Waals surface area (Å²) in [6.45, 7) is 2.16. The van der Waals surface area contributed by atoms with Crippen molar-refractivity contribution >= 4 is 5.91 Å². The van der Waals surface area contributed by atoms with Crippen molar-refractivity contribution in [3.8, 4) is 0 Å². The zero-order valence-electron chi connectivity index (χ0n) is 12.2. The number of carbonyl (C=O) groups excluding carboxylic acids is 1. The molecular formula is C15H21F2N3O. The van der Waals surface area contributed by atoms with Gasteiger partial charge < -0.3 is 10.6 Å². The van der Waals surface area contributed by atoms with Crippen LogP contribution >= 0.6 is 0 Å². The molecular weight excluding hydrogens is 276 g/mol. The molecule has 116 valence electrons. The fourth-order valence-corrected chi connectivity index (χ4v) is 2.74. The van der Waals surface area contributed by atoms with E-state index in [2.05, 4.69) is 4.98 Å². The molecule has 2 rings (SSSR count). The second-order valence-electron chi connectivity index (χ2n) is 5.56. The molecule has 4 nitrogen and oxygen atoms in total. The van der Waals surface area contributed by atoms with Crippen molar-refractivity contribution in [3.05, 3.63) is 29.6 Å². The van der Waals surface area contributed by atoms with Crippen molar-refractivity contribution in [3.63, 3.8) is 0 Å². The summed E-state index contributed by atoms with van der Waals surface area (Å²) in [6.07, 6.45) is 0.363. The zero-order chi connectivity index (χ0) is 15.5. The van der Waals surface area contributed by atoms with Crippen LogP contribution in [0.5, 0.6) is 0 Å². The Hall–Kier alpha value is -1.56. The number of pyridine rings is 1. The van der Waals surface area contributed by atoms with Gasteiger partial charge in [0.05, 0.1) is 17.9 Å². The number of hydrogen-bond donors (Lipinski definition) is 1. The number of amides is 1. The third kappa shape index (κ3) is 4.20.